The summed E-state index contributed by atoms with van der Waals surface area (Å²) in [5.74, 6) is 0.376. The number of anilines is 1. The fraction of sp³-hybridized carbons (Fsp3) is 0.462. The first kappa shape index (κ1) is 18.6. The number of alkyl halides is 3. The molecule has 2 amide bonds. The third-order valence-corrected chi connectivity index (χ3v) is 3.59. The Morgan fingerprint density at radius 2 is 2.00 bits per heavy atom. The van der Waals surface area contributed by atoms with E-state index in [9.17, 15) is 22.4 Å². The molecule has 0 aromatic heterocycles. The first-order chi connectivity index (χ1) is 10.3. The molecule has 1 aromatic rings. The van der Waals surface area contributed by atoms with Gasteiger partial charge in [0.05, 0.1) is 11.3 Å². The third kappa shape index (κ3) is 6.52. The SMILES string of the molecule is O=C(NCCSCCCO)Nc1cc(C(F)(F)F)ccc1F. The van der Waals surface area contributed by atoms with Crippen molar-refractivity contribution in [3.8, 4) is 0 Å². The molecule has 1 aromatic carbocycles. The summed E-state index contributed by atoms with van der Waals surface area (Å²) in [5.41, 5.74) is -1.57. The monoisotopic (exact) mass is 340 g/mol. The van der Waals surface area contributed by atoms with Gasteiger partial charge in [-0.2, -0.15) is 24.9 Å². The second-order valence-electron chi connectivity index (χ2n) is 4.26. The number of aliphatic hydroxyl groups is 1. The fourth-order valence-electron chi connectivity index (χ4n) is 1.47. The number of aliphatic hydroxyl groups excluding tert-OH is 1. The van der Waals surface area contributed by atoms with Crippen LogP contribution in [0.5, 0.6) is 0 Å². The molecule has 0 unspecified atom stereocenters. The average molecular weight is 340 g/mol. The number of rotatable bonds is 7. The van der Waals surface area contributed by atoms with Gasteiger partial charge in [-0.05, 0) is 30.4 Å². The number of nitrogens with one attached hydrogen (secondary N) is 2. The van der Waals surface area contributed by atoms with Crippen LogP contribution in [-0.2, 0) is 6.18 Å². The predicted molar refractivity (Wildman–Crippen MR) is 77.5 cm³/mol. The Morgan fingerprint density at radius 3 is 2.64 bits per heavy atom. The van der Waals surface area contributed by atoms with Crippen LogP contribution in [-0.4, -0.2) is 35.8 Å². The van der Waals surface area contributed by atoms with Crippen molar-refractivity contribution in [3.63, 3.8) is 0 Å². The summed E-state index contributed by atoms with van der Waals surface area (Å²) < 4.78 is 51.0. The molecule has 22 heavy (non-hydrogen) atoms. The highest BCUT2D eigenvalue weighted by Crippen LogP contribution is 2.31. The summed E-state index contributed by atoms with van der Waals surface area (Å²) in [4.78, 5) is 11.5. The lowest BCUT2D eigenvalue weighted by Crippen LogP contribution is -2.31. The Bertz CT molecular complexity index is 497. The molecule has 0 aliphatic rings. The summed E-state index contributed by atoms with van der Waals surface area (Å²) in [7, 11) is 0. The Labute approximate surface area is 129 Å². The van der Waals surface area contributed by atoms with Crippen LogP contribution in [0.1, 0.15) is 12.0 Å². The lowest BCUT2D eigenvalue weighted by Gasteiger charge is -2.11. The zero-order valence-corrected chi connectivity index (χ0v) is 12.4. The molecule has 3 N–H and O–H groups in total. The van der Waals surface area contributed by atoms with Crippen molar-refractivity contribution in [2.75, 3.05) is 30.0 Å². The second-order valence-corrected chi connectivity index (χ2v) is 5.49. The number of hydrogen-bond donors (Lipinski definition) is 3. The normalized spacial score (nSPS) is 11.3. The van der Waals surface area contributed by atoms with Crippen molar-refractivity contribution in [2.45, 2.75) is 12.6 Å². The van der Waals surface area contributed by atoms with Crippen molar-refractivity contribution in [1.82, 2.24) is 5.32 Å². The maximum absolute atomic E-state index is 13.4. The van der Waals surface area contributed by atoms with Crippen LogP contribution in [0.25, 0.3) is 0 Å². The topological polar surface area (TPSA) is 61.4 Å². The summed E-state index contributed by atoms with van der Waals surface area (Å²) in [6, 6.07) is 1.03. The van der Waals surface area contributed by atoms with Gasteiger partial charge >= 0.3 is 12.2 Å². The van der Waals surface area contributed by atoms with Gasteiger partial charge in [0.15, 0.2) is 0 Å². The smallest absolute Gasteiger partial charge is 0.396 e. The summed E-state index contributed by atoms with van der Waals surface area (Å²) in [5, 5.41) is 13.0. The van der Waals surface area contributed by atoms with Crippen LogP contribution in [0, 0.1) is 5.82 Å². The van der Waals surface area contributed by atoms with E-state index in [-0.39, 0.29) is 13.2 Å². The number of halogens is 4. The highest BCUT2D eigenvalue weighted by molar-refractivity contribution is 7.99. The molecule has 0 saturated carbocycles. The minimum Gasteiger partial charge on any atom is -0.396 e. The van der Waals surface area contributed by atoms with E-state index in [0.29, 0.717) is 30.4 Å². The molecule has 0 saturated heterocycles. The second kappa shape index (κ2) is 8.84. The minimum atomic E-state index is -4.61. The molecule has 9 heteroatoms. The molecule has 0 atom stereocenters. The average Bonchev–Trinajstić information content (AvgIpc) is 2.44. The predicted octanol–water partition coefficient (Wildman–Crippen LogP) is 3.08. The number of urea groups is 1. The quantitative estimate of drug-likeness (QED) is 0.528. The number of benzene rings is 1. The molecular weight excluding hydrogens is 324 g/mol. The van der Waals surface area contributed by atoms with Crippen LogP contribution in [0.4, 0.5) is 28.0 Å². The molecule has 4 nitrogen and oxygen atoms in total. The highest BCUT2D eigenvalue weighted by Gasteiger charge is 2.31. The first-order valence-electron chi connectivity index (χ1n) is 6.45. The van der Waals surface area contributed by atoms with Gasteiger partial charge in [-0.15, -0.1) is 0 Å². The molecule has 0 aliphatic heterocycles. The standard InChI is InChI=1S/C13H16F4N2O2S/c14-10-3-2-9(13(15,16)17)8-11(10)19-12(21)18-4-7-22-6-1-5-20/h2-3,8,20H,1,4-7H2,(H2,18,19,21). The van der Waals surface area contributed by atoms with E-state index in [4.69, 9.17) is 5.11 Å². The molecule has 0 heterocycles. The van der Waals surface area contributed by atoms with E-state index in [1.54, 1.807) is 0 Å². The third-order valence-electron chi connectivity index (χ3n) is 2.52. The number of thioether (sulfide) groups is 1. The van der Waals surface area contributed by atoms with E-state index in [0.717, 1.165) is 5.75 Å². The molecule has 0 bridgehead atoms. The summed E-state index contributed by atoms with van der Waals surface area (Å²) in [6.45, 7) is 0.373. The fourth-order valence-corrected chi connectivity index (χ4v) is 2.25. The summed E-state index contributed by atoms with van der Waals surface area (Å²) in [6.07, 6.45) is -3.96. The van der Waals surface area contributed by atoms with Gasteiger partial charge in [0.1, 0.15) is 5.82 Å². The van der Waals surface area contributed by atoms with Crippen molar-refractivity contribution in [3.05, 3.63) is 29.6 Å². The van der Waals surface area contributed by atoms with E-state index in [1.165, 1.54) is 11.8 Å². The van der Waals surface area contributed by atoms with Gasteiger partial charge in [0.25, 0.3) is 0 Å². The van der Waals surface area contributed by atoms with Crippen LogP contribution in [0.15, 0.2) is 18.2 Å². The van der Waals surface area contributed by atoms with Crippen molar-refractivity contribution >= 4 is 23.5 Å². The number of amides is 2. The maximum atomic E-state index is 13.4. The molecular formula is C13H16F4N2O2S. The van der Waals surface area contributed by atoms with Gasteiger partial charge in [0.2, 0.25) is 0 Å². The molecule has 124 valence electrons. The molecule has 0 spiro atoms. The van der Waals surface area contributed by atoms with Gasteiger partial charge in [-0.3, -0.25) is 0 Å². The van der Waals surface area contributed by atoms with Crippen molar-refractivity contribution in [1.29, 1.82) is 0 Å². The lowest BCUT2D eigenvalue weighted by atomic mass is 10.2. The molecule has 0 aliphatic carbocycles. The van der Waals surface area contributed by atoms with Crippen molar-refractivity contribution < 1.29 is 27.5 Å². The number of hydrogen-bond acceptors (Lipinski definition) is 3. The van der Waals surface area contributed by atoms with Crippen LogP contribution >= 0.6 is 11.8 Å². The molecule has 1 rings (SSSR count). The lowest BCUT2D eigenvalue weighted by molar-refractivity contribution is -0.137. The van der Waals surface area contributed by atoms with E-state index in [1.807, 2.05) is 0 Å². The van der Waals surface area contributed by atoms with Crippen LogP contribution in [0.2, 0.25) is 0 Å². The molecule has 0 radical (unpaired) electrons. The highest BCUT2D eigenvalue weighted by atomic mass is 32.2. The summed E-state index contributed by atoms with van der Waals surface area (Å²) >= 11 is 1.51. The largest absolute Gasteiger partial charge is 0.416 e. The van der Waals surface area contributed by atoms with E-state index < -0.39 is 29.3 Å². The molecule has 0 fully saturated rings. The number of carbonyl (C=O) groups excluding carboxylic acids is 1. The van der Waals surface area contributed by atoms with Gasteiger partial charge < -0.3 is 15.7 Å². The van der Waals surface area contributed by atoms with E-state index in [2.05, 4.69) is 10.6 Å². The Balaban J connectivity index is 2.47. The minimum absolute atomic E-state index is 0.0930. The Hall–Kier alpha value is -1.48. The van der Waals surface area contributed by atoms with Crippen molar-refractivity contribution in [2.24, 2.45) is 0 Å². The van der Waals surface area contributed by atoms with E-state index >= 15 is 0 Å². The van der Waals surface area contributed by atoms with Gasteiger partial charge in [-0.25, -0.2) is 9.18 Å². The van der Waals surface area contributed by atoms with Crippen LogP contribution < -0.4 is 10.6 Å². The first-order valence-corrected chi connectivity index (χ1v) is 7.60. The van der Waals surface area contributed by atoms with Gasteiger partial charge in [-0.1, -0.05) is 0 Å². The Kier molecular flexibility index (Phi) is 7.46. The maximum Gasteiger partial charge on any atom is 0.416 e. The van der Waals surface area contributed by atoms with Gasteiger partial charge in [0, 0.05) is 18.9 Å². The zero-order chi connectivity index (χ0) is 16.6. The Morgan fingerprint density at radius 1 is 1.27 bits per heavy atom. The number of carbonyl (C=O) groups is 1. The van der Waals surface area contributed by atoms with Crippen LogP contribution in [0.3, 0.4) is 0 Å². The zero-order valence-electron chi connectivity index (χ0n) is 11.5.